The highest BCUT2D eigenvalue weighted by molar-refractivity contribution is 5.61. The van der Waals surface area contributed by atoms with Crippen LogP contribution in [0.1, 0.15) is 51.6 Å². The Bertz CT molecular complexity index is 457. The Labute approximate surface area is 129 Å². The maximum atomic E-state index is 5.63. The minimum Gasteiger partial charge on any atom is -0.496 e. The van der Waals surface area contributed by atoms with Crippen molar-refractivity contribution in [3.63, 3.8) is 0 Å². The normalized spacial score (nSPS) is 17.4. The lowest BCUT2D eigenvalue weighted by atomic mass is 10.0. The minimum absolute atomic E-state index is 0.296. The van der Waals surface area contributed by atoms with E-state index in [1.54, 1.807) is 7.11 Å². The average Bonchev–Trinajstić information content (AvgIpc) is 3.35. The molecule has 1 aliphatic carbocycles. The van der Waals surface area contributed by atoms with Gasteiger partial charge in [-0.15, -0.1) is 0 Å². The average molecular weight is 290 g/mol. The third kappa shape index (κ3) is 3.70. The molecule has 0 amide bonds. The zero-order valence-electron chi connectivity index (χ0n) is 14.1. The molecule has 0 aliphatic heterocycles. The topological polar surface area (TPSA) is 24.5 Å². The summed E-state index contributed by atoms with van der Waals surface area (Å²) in [6.45, 7) is 7.79. The predicted molar refractivity (Wildman–Crippen MR) is 90.3 cm³/mol. The Balaban J connectivity index is 2.30. The summed E-state index contributed by atoms with van der Waals surface area (Å²) in [6, 6.07) is 7.28. The van der Waals surface area contributed by atoms with E-state index in [-0.39, 0.29) is 0 Å². The van der Waals surface area contributed by atoms with Gasteiger partial charge in [-0.05, 0) is 57.7 Å². The number of rotatable bonds is 8. The minimum atomic E-state index is 0.296. The molecule has 118 valence electrons. The van der Waals surface area contributed by atoms with E-state index in [2.05, 4.69) is 56.2 Å². The van der Waals surface area contributed by atoms with Gasteiger partial charge in [0.15, 0.2) is 0 Å². The molecular formula is C18H30N2O. The van der Waals surface area contributed by atoms with Gasteiger partial charge in [0.25, 0.3) is 0 Å². The van der Waals surface area contributed by atoms with Gasteiger partial charge < -0.3 is 15.0 Å². The van der Waals surface area contributed by atoms with Gasteiger partial charge >= 0.3 is 0 Å². The lowest BCUT2D eigenvalue weighted by molar-refractivity contribution is 0.401. The van der Waals surface area contributed by atoms with Crippen molar-refractivity contribution in [2.45, 2.75) is 52.1 Å². The van der Waals surface area contributed by atoms with E-state index in [1.165, 1.54) is 24.1 Å². The Morgan fingerprint density at radius 2 is 2.05 bits per heavy atom. The van der Waals surface area contributed by atoms with Crippen LogP contribution in [0.2, 0.25) is 0 Å². The number of methoxy groups -OCH3 is 1. The molecule has 2 unspecified atom stereocenters. The van der Waals surface area contributed by atoms with Gasteiger partial charge in [0.05, 0.1) is 7.11 Å². The highest BCUT2D eigenvalue weighted by atomic mass is 16.5. The van der Waals surface area contributed by atoms with Crippen molar-refractivity contribution < 1.29 is 4.74 Å². The maximum Gasteiger partial charge on any atom is 0.125 e. The van der Waals surface area contributed by atoms with E-state index in [1.807, 2.05) is 0 Å². The highest BCUT2D eigenvalue weighted by Crippen LogP contribution is 2.40. The van der Waals surface area contributed by atoms with Crippen molar-refractivity contribution in [2.24, 2.45) is 5.92 Å². The van der Waals surface area contributed by atoms with Crippen LogP contribution in [-0.4, -0.2) is 26.7 Å². The van der Waals surface area contributed by atoms with Crippen LogP contribution in [0.3, 0.4) is 0 Å². The van der Waals surface area contributed by atoms with E-state index < -0.39 is 0 Å². The lowest BCUT2D eigenvalue weighted by Gasteiger charge is -2.31. The van der Waals surface area contributed by atoms with Crippen LogP contribution < -0.4 is 15.0 Å². The molecule has 1 fully saturated rings. The first-order chi connectivity index (χ1) is 10.1. The fourth-order valence-corrected chi connectivity index (χ4v) is 3.03. The van der Waals surface area contributed by atoms with E-state index in [0.29, 0.717) is 12.1 Å². The summed E-state index contributed by atoms with van der Waals surface area (Å²) in [7, 11) is 3.98. The standard InChI is InChI=1S/C18H30N2O/c1-6-12-19-13(2)18-16(8-7-9-17(18)21-5)20(4)14(3)15-10-11-15/h7-9,13-15,19H,6,10-12H2,1-5H3. The molecule has 2 atom stereocenters. The van der Waals surface area contributed by atoms with Gasteiger partial charge in [-0.1, -0.05) is 13.0 Å². The zero-order valence-corrected chi connectivity index (χ0v) is 14.1. The van der Waals surface area contributed by atoms with Crippen LogP contribution in [0, 0.1) is 5.92 Å². The van der Waals surface area contributed by atoms with Crippen LogP contribution in [0.5, 0.6) is 5.75 Å². The number of ether oxygens (including phenoxy) is 1. The van der Waals surface area contributed by atoms with Gasteiger partial charge in [-0.25, -0.2) is 0 Å². The molecule has 1 aliphatic rings. The summed E-state index contributed by atoms with van der Waals surface area (Å²) < 4.78 is 5.63. The number of benzene rings is 1. The molecule has 1 aromatic rings. The molecule has 0 saturated heterocycles. The Hall–Kier alpha value is -1.22. The van der Waals surface area contributed by atoms with E-state index in [9.17, 15) is 0 Å². The Morgan fingerprint density at radius 3 is 2.62 bits per heavy atom. The molecular weight excluding hydrogens is 260 g/mol. The lowest BCUT2D eigenvalue weighted by Crippen LogP contribution is -2.32. The molecule has 0 spiro atoms. The molecule has 3 heteroatoms. The van der Waals surface area contributed by atoms with Crippen LogP contribution in [0.15, 0.2) is 18.2 Å². The molecule has 21 heavy (non-hydrogen) atoms. The smallest absolute Gasteiger partial charge is 0.125 e. The highest BCUT2D eigenvalue weighted by Gasteiger charge is 2.32. The molecule has 1 N–H and O–H groups in total. The second-order valence-electron chi connectivity index (χ2n) is 6.26. The van der Waals surface area contributed by atoms with Crippen LogP contribution >= 0.6 is 0 Å². The third-order valence-corrected chi connectivity index (χ3v) is 4.69. The summed E-state index contributed by atoms with van der Waals surface area (Å²) in [6.07, 6.45) is 3.88. The first kappa shape index (κ1) is 16.2. The first-order valence-corrected chi connectivity index (χ1v) is 8.23. The van der Waals surface area contributed by atoms with Crippen molar-refractivity contribution in [3.8, 4) is 5.75 Å². The van der Waals surface area contributed by atoms with Crippen molar-refractivity contribution in [1.82, 2.24) is 5.32 Å². The second-order valence-corrected chi connectivity index (χ2v) is 6.26. The summed E-state index contributed by atoms with van der Waals surface area (Å²) >= 11 is 0. The number of nitrogens with zero attached hydrogens (tertiary/aromatic N) is 1. The molecule has 3 nitrogen and oxygen atoms in total. The molecule has 0 heterocycles. The van der Waals surface area contributed by atoms with Gasteiger partial charge in [-0.3, -0.25) is 0 Å². The Kier molecular flexibility index (Phi) is 5.51. The number of nitrogens with one attached hydrogen (secondary N) is 1. The van der Waals surface area contributed by atoms with Crippen LogP contribution in [-0.2, 0) is 0 Å². The van der Waals surface area contributed by atoms with Crippen LogP contribution in [0.4, 0.5) is 5.69 Å². The molecule has 0 radical (unpaired) electrons. The largest absolute Gasteiger partial charge is 0.496 e. The molecule has 1 saturated carbocycles. The summed E-state index contributed by atoms with van der Waals surface area (Å²) in [5.41, 5.74) is 2.58. The quantitative estimate of drug-likeness (QED) is 0.783. The van der Waals surface area contributed by atoms with E-state index in [4.69, 9.17) is 4.74 Å². The molecule has 0 aromatic heterocycles. The van der Waals surface area contributed by atoms with Gasteiger partial charge in [0, 0.05) is 30.4 Å². The van der Waals surface area contributed by atoms with Crippen molar-refractivity contribution >= 4 is 5.69 Å². The fourth-order valence-electron chi connectivity index (χ4n) is 3.03. The summed E-state index contributed by atoms with van der Waals surface area (Å²) in [5, 5.41) is 3.60. The van der Waals surface area contributed by atoms with E-state index >= 15 is 0 Å². The number of anilines is 1. The van der Waals surface area contributed by atoms with Crippen molar-refractivity contribution in [2.75, 3.05) is 25.6 Å². The van der Waals surface area contributed by atoms with Gasteiger partial charge in [0.2, 0.25) is 0 Å². The molecule has 1 aromatic carbocycles. The van der Waals surface area contributed by atoms with Crippen molar-refractivity contribution in [1.29, 1.82) is 0 Å². The fraction of sp³-hybridized carbons (Fsp3) is 0.667. The monoisotopic (exact) mass is 290 g/mol. The zero-order chi connectivity index (χ0) is 15.4. The van der Waals surface area contributed by atoms with Gasteiger partial charge in [-0.2, -0.15) is 0 Å². The second kappa shape index (κ2) is 7.17. The number of hydrogen-bond acceptors (Lipinski definition) is 3. The van der Waals surface area contributed by atoms with Crippen LogP contribution in [0.25, 0.3) is 0 Å². The van der Waals surface area contributed by atoms with E-state index in [0.717, 1.165) is 24.6 Å². The van der Waals surface area contributed by atoms with Crippen molar-refractivity contribution in [3.05, 3.63) is 23.8 Å². The summed E-state index contributed by atoms with van der Waals surface area (Å²) in [5.74, 6) is 1.84. The Morgan fingerprint density at radius 1 is 1.33 bits per heavy atom. The summed E-state index contributed by atoms with van der Waals surface area (Å²) in [4.78, 5) is 2.43. The van der Waals surface area contributed by atoms with Gasteiger partial charge in [0.1, 0.15) is 5.75 Å². The maximum absolute atomic E-state index is 5.63. The first-order valence-electron chi connectivity index (χ1n) is 8.23. The molecule has 2 rings (SSSR count). The SMILES string of the molecule is CCCNC(C)c1c(OC)cccc1N(C)C(C)C1CC1. The third-order valence-electron chi connectivity index (χ3n) is 4.69. The predicted octanol–water partition coefficient (Wildman–Crippen LogP) is 3.99. The number of hydrogen-bond donors (Lipinski definition) is 1. The molecule has 0 bridgehead atoms.